The molecule has 1 aliphatic heterocycles. The van der Waals surface area contributed by atoms with Gasteiger partial charge in [0.2, 0.25) is 0 Å². The van der Waals surface area contributed by atoms with Crippen LogP contribution in [0.5, 0.6) is 5.75 Å². The molecule has 0 aliphatic carbocycles. The minimum Gasteiger partial charge on any atom is -0.491 e. The highest BCUT2D eigenvalue weighted by Gasteiger charge is 2.21. The summed E-state index contributed by atoms with van der Waals surface area (Å²) in [6.07, 6.45) is 1.75. The molecule has 1 N–H and O–H groups in total. The molecule has 2 unspecified atom stereocenters. The van der Waals surface area contributed by atoms with Crippen molar-refractivity contribution < 1.29 is 19.0 Å². The summed E-state index contributed by atoms with van der Waals surface area (Å²) in [5.41, 5.74) is 1.21. The number of ether oxygens (including phenoxy) is 2. The molecule has 1 fully saturated rings. The van der Waals surface area contributed by atoms with Gasteiger partial charge < -0.3 is 14.6 Å². The number of benzene rings is 2. The minimum absolute atomic E-state index is 0.169. The Hall–Kier alpha value is -1.95. The average molecular weight is 359 g/mol. The highest BCUT2D eigenvalue weighted by molar-refractivity contribution is 5.22. The van der Waals surface area contributed by atoms with E-state index in [1.807, 2.05) is 18.2 Å². The molecule has 0 amide bonds. The van der Waals surface area contributed by atoms with Gasteiger partial charge in [0.05, 0.1) is 6.10 Å². The summed E-state index contributed by atoms with van der Waals surface area (Å²) in [7, 11) is 0. The lowest BCUT2D eigenvalue weighted by molar-refractivity contribution is 0.0313. The van der Waals surface area contributed by atoms with Gasteiger partial charge in [-0.25, -0.2) is 4.39 Å². The number of aliphatic hydroxyl groups excluding tert-OH is 1. The lowest BCUT2D eigenvalue weighted by Gasteiger charge is -2.27. The van der Waals surface area contributed by atoms with Gasteiger partial charge in [-0.1, -0.05) is 30.3 Å². The van der Waals surface area contributed by atoms with E-state index < -0.39 is 6.10 Å². The van der Waals surface area contributed by atoms with E-state index in [4.69, 9.17) is 9.47 Å². The lowest BCUT2D eigenvalue weighted by atomic mass is 10.1. The van der Waals surface area contributed by atoms with Gasteiger partial charge in [-0.05, 0) is 42.7 Å². The molecule has 26 heavy (non-hydrogen) atoms. The fraction of sp³-hybridized carbons (Fsp3) is 0.429. The Balaban J connectivity index is 1.53. The minimum atomic E-state index is -0.634. The molecule has 3 rings (SSSR count). The van der Waals surface area contributed by atoms with Crippen LogP contribution in [0.15, 0.2) is 54.6 Å². The van der Waals surface area contributed by atoms with Crippen LogP contribution >= 0.6 is 0 Å². The van der Waals surface area contributed by atoms with Crippen molar-refractivity contribution in [3.05, 3.63) is 66.0 Å². The predicted molar refractivity (Wildman–Crippen MR) is 98.6 cm³/mol. The average Bonchev–Trinajstić information content (AvgIpc) is 3.15. The molecule has 1 saturated heterocycles. The highest BCUT2D eigenvalue weighted by atomic mass is 19.1. The van der Waals surface area contributed by atoms with E-state index in [1.165, 1.54) is 17.7 Å². The molecule has 1 heterocycles. The van der Waals surface area contributed by atoms with Crippen LogP contribution in [-0.4, -0.2) is 48.5 Å². The van der Waals surface area contributed by atoms with Gasteiger partial charge in [0, 0.05) is 26.2 Å². The maximum atomic E-state index is 12.9. The zero-order valence-corrected chi connectivity index (χ0v) is 14.9. The number of nitrogens with zero attached hydrogens (tertiary/aromatic N) is 1. The van der Waals surface area contributed by atoms with Crippen LogP contribution in [0.2, 0.25) is 0 Å². The topological polar surface area (TPSA) is 41.9 Å². The number of aliphatic hydroxyl groups is 1. The fourth-order valence-corrected chi connectivity index (χ4v) is 3.20. The van der Waals surface area contributed by atoms with Gasteiger partial charge in [0.15, 0.2) is 0 Å². The van der Waals surface area contributed by atoms with Crippen LogP contribution in [-0.2, 0) is 11.3 Å². The smallest absolute Gasteiger partial charge is 0.123 e. The van der Waals surface area contributed by atoms with Crippen LogP contribution in [0.3, 0.4) is 0 Å². The molecule has 0 aromatic heterocycles. The number of rotatable bonds is 9. The second kappa shape index (κ2) is 9.67. The second-order valence-corrected chi connectivity index (χ2v) is 6.73. The van der Waals surface area contributed by atoms with E-state index in [9.17, 15) is 9.50 Å². The predicted octanol–water partition coefficient (Wildman–Crippen LogP) is 3.25. The largest absolute Gasteiger partial charge is 0.491 e. The maximum absolute atomic E-state index is 12.9. The van der Waals surface area contributed by atoms with Crippen molar-refractivity contribution in [2.24, 2.45) is 0 Å². The molecule has 0 bridgehead atoms. The first kappa shape index (κ1) is 18.8. The van der Waals surface area contributed by atoms with Gasteiger partial charge in [-0.15, -0.1) is 0 Å². The summed E-state index contributed by atoms with van der Waals surface area (Å²) in [5.74, 6) is 0.252. The van der Waals surface area contributed by atoms with Gasteiger partial charge in [0.25, 0.3) is 0 Å². The van der Waals surface area contributed by atoms with Crippen LogP contribution in [0.25, 0.3) is 0 Å². The van der Waals surface area contributed by atoms with Crippen molar-refractivity contribution in [1.29, 1.82) is 0 Å². The van der Waals surface area contributed by atoms with E-state index in [1.54, 1.807) is 12.1 Å². The SMILES string of the molecule is OC(COc1ccc(F)cc1)CN(Cc1ccccc1)CC1CCCO1. The van der Waals surface area contributed by atoms with Crippen molar-refractivity contribution in [2.45, 2.75) is 31.6 Å². The van der Waals surface area contributed by atoms with Crippen LogP contribution in [0.1, 0.15) is 18.4 Å². The Morgan fingerprint density at radius 1 is 1.15 bits per heavy atom. The van der Waals surface area contributed by atoms with Crippen LogP contribution < -0.4 is 4.74 Å². The third-order valence-electron chi connectivity index (χ3n) is 4.46. The summed E-state index contributed by atoms with van der Waals surface area (Å²) < 4.78 is 24.3. The monoisotopic (exact) mass is 359 g/mol. The second-order valence-electron chi connectivity index (χ2n) is 6.73. The molecule has 4 nitrogen and oxygen atoms in total. The Labute approximate surface area is 154 Å². The number of halogens is 1. The summed E-state index contributed by atoms with van der Waals surface area (Å²) in [4.78, 5) is 2.21. The normalized spacial score (nSPS) is 18.2. The zero-order valence-electron chi connectivity index (χ0n) is 14.9. The Morgan fingerprint density at radius 2 is 1.92 bits per heavy atom. The van der Waals surface area contributed by atoms with E-state index in [0.29, 0.717) is 12.3 Å². The first-order valence-electron chi connectivity index (χ1n) is 9.13. The van der Waals surface area contributed by atoms with E-state index in [2.05, 4.69) is 17.0 Å². The molecule has 2 aromatic carbocycles. The molecule has 140 valence electrons. The first-order valence-corrected chi connectivity index (χ1v) is 9.13. The zero-order chi connectivity index (χ0) is 18.2. The molecule has 2 aromatic rings. The van der Waals surface area contributed by atoms with E-state index in [-0.39, 0.29) is 18.5 Å². The van der Waals surface area contributed by atoms with Crippen molar-refractivity contribution in [1.82, 2.24) is 4.90 Å². The quantitative estimate of drug-likeness (QED) is 0.746. The molecular weight excluding hydrogens is 333 g/mol. The van der Waals surface area contributed by atoms with Crippen LogP contribution in [0.4, 0.5) is 4.39 Å². The standard InChI is InChI=1S/C21H26FNO3/c22-18-8-10-20(11-9-18)26-16-19(24)14-23(15-21-7-4-12-25-21)13-17-5-2-1-3-6-17/h1-3,5-6,8-11,19,21,24H,4,7,12-16H2. The van der Waals surface area contributed by atoms with E-state index in [0.717, 1.165) is 32.5 Å². The summed E-state index contributed by atoms with van der Waals surface area (Å²) in [5, 5.41) is 10.4. The molecular formula is C21H26FNO3. The lowest BCUT2D eigenvalue weighted by Crippen LogP contribution is -2.39. The molecule has 0 spiro atoms. The maximum Gasteiger partial charge on any atom is 0.123 e. The Morgan fingerprint density at radius 3 is 2.62 bits per heavy atom. The van der Waals surface area contributed by atoms with Crippen molar-refractivity contribution in [3.63, 3.8) is 0 Å². The summed E-state index contributed by atoms with van der Waals surface area (Å²) >= 11 is 0. The van der Waals surface area contributed by atoms with Gasteiger partial charge in [0.1, 0.15) is 24.3 Å². The van der Waals surface area contributed by atoms with Gasteiger partial charge >= 0.3 is 0 Å². The van der Waals surface area contributed by atoms with Crippen molar-refractivity contribution >= 4 is 0 Å². The third kappa shape index (κ3) is 6.09. The van der Waals surface area contributed by atoms with Gasteiger partial charge in [-0.2, -0.15) is 0 Å². The molecule has 5 heteroatoms. The first-order chi connectivity index (χ1) is 12.7. The third-order valence-corrected chi connectivity index (χ3v) is 4.46. The van der Waals surface area contributed by atoms with Crippen LogP contribution in [0, 0.1) is 5.82 Å². The van der Waals surface area contributed by atoms with E-state index >= 15 is 0 Å². The number of hydrogen-bond donors (Lipinski definition) is 1. The van der Waals surface area contributed by atoms with Crippen molar-refractivity contribution in [2.75, 3.05) is 26.3 Å². The highest BCUT2D eigenvalue weighted by Crippen LogP contribution is 2.16. The Kier molecular flexibility index (Phi) is 7.00. The van der Waals surface area contributed by atoms with Crippen molar-refractivity contribution in [3.8, 4) is 5.75 Å². The molecule has 0 radical (unpaired) electrons. The summed E-state index contributed by atoms with van der Waals surface area (Å²) in [6.45, 7) is 3.04. The Bertz CT molecular complexity index is 644. The molecule has 0 saturated carbocycles. The molecule has 2 atom stereocenters. The summed E-state index contributed by atoms with van der Waals surface area (Å²) in [6, 6.07) is 16.0. The number of hydrogen-bond acceptors (Lipinski definition) is 4. The fourth-order valence-electron chi connectivity index (χ4n) is 3.20. The van der Waals surface area contributed by atoms with Gasteiger partial charge in [-0.3, -0.25) is 4.90 Å². The molecule has 1 aliphatic rings.